The monoisotopic (exact) mass is 269 g/mol. The van der Waals surface area contributed by atoms with Crippen LogP contribution in [0, 0.1) is 12.8 Å². The average Bonchev–Trinajstić information content (AvgIpc) is 2.70. The summed E-state index contributed by atoms with van der Waals surface area (Å²) in [7, 11) is 2.20. The third kappa shape index (κ3) is 4.67. The van der Waals surface area contributed by atoms with Gasteiger partial charge in [-0.3, -0.25) is 4.90 Å². The summed E-state index contributed by atoms with van der Waals surface area (Å²) < 4.78 is 0. The quantitative estimate of drug-likeness (QED) is 0.825. The molecule has 0 saturated carbocycles. The number of aryl methyl sites for hydroxylation is 1. The lowest BCUT2D eigenvalue weighted by atomic mass is 10.0. The fourth-order valence-electron chi connectivity index (χ4n) is 1.88. The number of nitrogens with one attached hydrogen (secondary N) is 1. The molecule has 18 heavy (non-hydrogen) atoms. The molecule has 104 valence electrons. The second kappa shape index (κ2) is 7.22. The molecule has 0 radical (unpaired) electrons. The molecule has 0 fully saturated rings. The fraction of sp³-hybridized carbons (Fsp3) is 0.786. The van der Waals surface area contributed by atoms with Gasteiger partial charge in [-0.25, -0.2) is 4.98 Å². The lowest BCUT2D eigenvalue weighted by Crippen LogP contribution is -2.40. The van der Waals surface area contributed by atoms with Gasteiger partial charge in [0, 0.05) is 23.5 Å². The van der Waals surface area contributed by atoms with Crippen LogP contribution in [-0.2, 0) is 6.54 Å². The molecule has 2 unspecified atom stereocenters. The highest BCUT2D eigenvalue weighted by Gasteiger charge is 2.18. The molecule has 0 aliphatic carbocycles. The van der Waals surface area contributed by atoms with Crippen molar-refractivity contribution in [3.05, 3.63) is 16.1 Å². The molecule has 0 spiro atoms. The minimum Gasteiger partial charge on any atom is -0.314 e. The van der Waals surface area contributed by atoms with Gasteiger partial charge < -0.3 is 5.32 Å². The smallest absolute Gasteiger partial charge is 0.0798 e. The SMILES string of the molecule is Cc1ncsc1CN(C)C(C)C(C)CNC(C)C. The number of aromatic nitrogens is 1. The molecule has 2 atom stereocenters. The van der Waals surface area contributed by atoms with Crippen LogP contribution in [0.15, 0.2) is 5.51 Å². The topological polar surface area (TPSA) is 28.2 Å². The summed E-state index contributed by atoms with van der Waals surface area (Å²) in [5.41, 5.74) is 3.11. The zero-order valence-electron chi connectivity index (χ0n) is 12.5. The van der Waals surface area contributed by atoms with Gasteiger partial charge in [0.25, 0.3) is 0 Å². The summed E-state index contributed by atoms with van der Waals surface area (Å²) in [4.78, 5) is 8.12. The molecule has 1 heterocycles. The maximum absolute atomic E-state index is 4.31. The van der Waals surface area contributed by atoms with Gasteiger partial charge in [0.2, 0.25) is 0 Å². The van der Waals surface area contributed by atoms with E-state index in [9.17, 15) is 0 Å². The van der Waals surface area contributed by atoms with Crippen LogP contribution >= 0.6 is 11.3 Å². The van der Waals surface area contributed by atoms with Gasteiger partial charge in [-0.15, -0.1) is 11.3 Å². The summed E-state index contributed by atoms with van der Waals surface area (Å²) in [6, 6.07) is 1.13. The highest BCUT2D eigenvalue weighted by Crippen LogP contribution is 2.17. The molecule has 1 aromatic rings. The first-order chi connectivity index (χ1) is 8.41. The third-order valence-corrected chi connectivity index (χ3v) is 4.52. The Morgan fingerprint density at radius 3 is 2.50 bits per heavy atom. The third-order valence-electron chi connectivity index (χ3n) is 3.60. The molecule has 0 bridgehead atoms. The van der Waals surface area contributed by atoms with E-state index in [1.807, 2.05) is 5.51 Å². The Balaban J connectivity index is 2.45. The van der Waals surface area contributed by atoms with Crippen molar-refractivity contribution in [3.63, 3.8) is 0 Å². The molecule has 0 aliphatic heterocycles. The van der Waals surface area contributed by atoms with Crippen LogP contribution in [0.1, 0.15) is 38.3 Å². The Bertz CT molecular complexity index is 349. The van der Waals surface area contributed by atoms with Crippen molar-refractivity contribution < 1.29 is 0 Å². The Hall–Kier alpha value is -0.450. The first-order valence-electron chi connectivity index (χ1n) is 6.74. The maximum Gasteiger partial charge on any atom is 0.0798 e. The van der Waals surface area contributed by atoms with E-state index in [0.717, 1.165) is 13.1 Å². The van der Waals surface area contributed by atoms with E-state index in [1.165, 1.54) is 10.6 Å². The largest absolute Gasteiger partial charge is 0.314 e. The molecular formula is C14H27N3S. The molecule has 0 aromatic carbocycles. The first kappa shape index (κ1) is 15.6. The van der Waals surface area contributed by atoms with Crippen molar-refractivity contribution in [2.24, 2.45) is 5.92 Å². The highest BCUT2D eigenvalue weighted by atomic mass is 32.1. The molecular weight excluding hydrogens is 242 g/mol. The van der Waals surface area contributed by atoms with Crippen LogP contribution in [0.25, 0.3) is 0 Å². The van der Waals surface area contributed by atoms with E-state index in [-0.39, 0.29) is 0 Å². The zero-order valence-corrected chi connectivity index (χ0v) is 13.3. The second-order valence-corrected chi connectivity index (χ2v) is 6.50. The van der Waals surface area contributed by atoms with Crippen LogP contribution < -0.4 is 5.32 Å². The van der Waals surface area contributed by atoms with Crippen molar-refractivity contribution in [3.8, 4) is 0 Å². The first-order valence-corrected chi connectivity index (χ1v) is 7.62. The van der Waals surface area contributed by atoms with Crippen LogP contribution in [0.4, 0.5) is 0 Å². The van der Waals surface area contributed by atoms with Gasteiger partial charge >= 0.3 is 0 Å². The van der Waals surface area contributed by atoms with Gasteiger partial charge in [-0.05, 0) is 33.4 Å². The number of hydrogen-bond donors (Lipinski definition) is 1. The maximum atomic E-state index is 4.31. The van der Waals surface area contributed by atoms with Crippen LogP contribution in [0.3, 0.4) is 0 Å². The molecule has 0 saturated heterocycles. The normalized spacial score (nSPS) is 15.3. The van der Waals surface area contributed by atoms with Gasteiger partial charge in [-0.2, -0.15) is 0 Å². The van der Waals surface area contributed by atoms with Gasteiger partial charge in [0.05, 0.1) is 11.2 Å². The van der Waals surface area contributed by atoms with E-state index in [0.29, 0.717) is 18.0 Å². The summed E-state index contributed by atoms with van der Waals surface area (Å²) >= 11 is 1.76. The molecule has 0 aliphatic rings. The van der Waals surface area contributed by atoms with Crippen LogP contribution in [0.2, 0.25) is 0 Å². The van der Waals surface area contributed by atoms with E-state index in [1.54, 1.807) is 11.3 Å². The van der Waals surface area contributed by atoms with Gasteiger partial charge in [0.15, 0.2) is 0 Å². The summed E-state index contributed by atoms with van der Waals surface area (Å²) in [6.45, 7) is 13.2. The van der Waals surface area contributed by atoms with Crippen molar-refractivity contribution in [1.29, 1.82) is 0 Å². The highest BCUT2D eigenvalue weighted by molar-refractivity contribution is 7.09. The summed E-state index contributed by atoms with van der Waals surface area (Å²) in [5, 5.41) is 3.51. The minimum atomic E-state index is 0.564. The molecule has 4 heteroatoms. The molecule has 1 rings (SSSR count). The minimum absolute atomic E-state index is 0.564. The Kier molecular flexibility index (Phi) is 6.26. The van der Waals surface area contributed by atoms with Gasteiger partial charge in [0.1, 0.15) is 0 Å². The van der Waals surface area contributed by atoms with Crippen molar-refractivity contribution >= 4 is 11.3 Å². The molecule has 1 N–H and O–H groups in total. The number of rotatable bonds is 7. The van der Waals surface area contributed by atoms with Crippen LogP contribution in [-0.4, -0.2) is 35.6 Å². The predicted octanol–water partition coefficient (Wildman–Crippen LogP) is 2.91. The van der Waals surface area contributed by atoms with E-state index >= 15 is 0 Å². The zero-order chi connectivity index (χ0) is 13.7. The molecule has 0 amide bonds. The molecule has 1 aromatic heterocycles. The second-order valence-electron chi connectivity index (χ2n) is 5.56. The van der Waals surface area contributed by atoms with Gasteiger partial charge in [-0.1, -0.05) is 20.8 Å². The number of hydrogen-bond acceptors (Lipinski definition) is 4. The molecule has 3 nitrogen and oxygen atoms in total. The predicted molar refractivity (Wildman–Crippen MR) is 80.1 cm³/mol. The Morgan fingerprint density at radius 2 is 2.00 bits per heavy atom. The van der Waals surface area contributed by atoms with Crippen molar-refractivity contribution in [1.82, 2.24) is 15.2 Å². The van der Waals surface area contributed by atoms with Crippen LogP contribution in [0.5, 0.6) is 0 Å². The average molecular weight is 269 g/mol. The van der Waals surface area contributed by atoms with Crippen molar-refractivity contribution in [2.75, 3.05) is 13.6 Å². The fourth-order valence-corrected chi connectivity index (χ4v) is 2.71. The Morgan fingerprint density at radius 1 is 1.33 bits per heavy atom. The summed E-state index contributed by atoms with van der Waals surface area (Å²) in [5.74, 6) is 0.644. The summed E-state index contributed by atoms with van der Waals surface area (Å²) in [6.07, 6.45) is 0. The van der Waals surface area contributed by atoms with E-state index in [4.69, 9.17) is 0 Å². The number of thiazole rings is 1. The van der Waals surface area contributed by atoms with E-state index < -0.39 is 0 Å². The number of nitrogens with zero attached hydrogens (tertiary/aromatic N) is 2. The standard InChI is InChI=1S/C14H27N3S/c1-10(2)15-7-11(3)13(5)17(6)8-14-12(4)16-9-18-14/h9-11,13,15H,7-8H2,1-6H3. The van der Waals surface area contributed by atoms with E-state index in [2.05, 4.69) is 56.9 Å². The lowest BCUT2D eigenvalue weighted by molar-refractivity contribution is 0.188. The van der Waals surface area contributed by atoms with Crippen molar-refractivity contribution in [2.45, 2.75) is 53.2 Å². The Labute approximate surface area is 116 Å². The lowest BCUT2D eigenvalue weighted by Gasteiger charge is -2.30.